The molecule has 2 aliphatic heterocycles. The molecule has 6 heteroatoms. The maximum atomic E-state index is 14.6. The van der Waals surface area contributed by atoms with Gasteiger partial charge in [-0.05, 0) is 92.2 Å². The van der Waals surface area contributed by atoms with E-state index in [1.54, 1.807) is 0 Å². The summed E-state index contributed by atoms with van der Waals surface area (Å²) >= 11 is 0. The van der Waals surface area contributed by atoms with Crippen molar-refractivity contribution < 1.29 is 8.78 Å². The highest BCUT2D eigenvalue weighted by Crippen LogP contribution is 2.39. The minimum Gasteiger partial charge on any atom is -0.372 e. The molecule has 1 saturated heterocycles. The SMILES string of the molecule is CC1CCc2c(ccc(-c3cnn(C4CCNCC4)c3)c2Cc2cc(F)ccc2F)N1C. The van der Waals surface area contributed by atoms with Gasteiger partial charge in [-0.2, -0.15) is 5.10 Å². The highest BCUT2D eigenvalue weighted by molar-refractivity contribution is 5.74. The molecule has 3 aromatic rings. The molecule has 1 fully saturated rings. The molecule has 0 amide bonds. The summed E-state index contributed by atoms with van der Waals surface area (Å²) in [6.07, 6.45) is 8.51. The van der Waals surface area contributed by atoms with Crippen LogP contribution in [0.25, 0.3) is 11.1 Å². The van der Waals surface area contributed by atoms with Gasteiger partial charge in [0.05, 0.1) is 12.2 Å². The molecule has 0 aliphatic carbocycles. The second-order valence-corrected chi connectivity index (χ2v) is 9.19. The zero-order valence-electron chi connectivity index (χ0n) is 18.7. The van der Waals surface area contributed by atoms with Crippen LogP contribution in [-0.2, 0) is 12.8 Å². The van der Waals surface area contributed by atoms with E-state index in [-0.39, 0.29) is 5.82 Å². The maximum absolute atomic E-state index is 14.6. The van der Waals surface area contributed by atoms with E-state index >= 15 is 0 Å². The lowest BCUT2D eigenvalue weighted by Gasteiger charge is -2.35. The lowest BCUT2D eigenvalue weighted by Crippen LogP contribution is -2.34. The fourth-order valence-corrected chi connectivity index (χ4v) is 5.16. The van der Waals surface area contributed by atoms with E-state index in [2.05, 4.69) is 52.3 Å². The van der Waals surface area contributed by atoms with Crippen LogP contribution in [-0.4, -0.2) is 36.0 Å². The van der Waals surface area contributed by atoms with E-state index in [9.17, 15) is 8.78 Å². The monoisotopic (exact) mass is 436 g/mol. The summed E-state index contributed by atoms with van der Waals surface area (Å²) in [6.45, 7) is 4.24. The Morgan fingerprint density at radius 2 is 1.91 bits per heavy atom. The van der Waals surface area contributed by atoms with Gasteiger partial charge >= 0.3 is 0 Å². The number of hydrogen-bond donors (Lipinski definition) is 1. The zero-order chi connectivity index (χ0) is 22.2. The fourth-order valence-electron chi connectivity index (χ4n) is 5.16. The summed E-state index contributed by atoms with van der Waals surface area (Å²) in [4.78, 5) is 2.30. The van der Waals surface area contributed by atoms with Crippen LogP contribution < -0.4 is 10.2 Å². The van der Waals surface area contributed by atoms with Gasteiger partial charge in [-0.25, -0.2) is 8.78 Å². The van der Waals surface area contributed by atoms with Gasteiger partial charge in [0.2, 0.25) is 0 Å². The molecule has 0 bridgehead atoms. The van der Waals surface area contributed by atoms with E-state index in [1.165, 1.54) is 29.4 Å². The summed E-state index contributed by atoms with van der Waals surface area (Å²) in [5, 5.41) is 8.08. The maximum Gasteiger partial charge on any atom is 0.126 e. The van der Waals surface area contributed by atoms with Crippen LogP contribution in [0.4, 0.5) is 14.5 Å². The molecular weight excluding hydrogens is 406 g/mol. The number of nitrogens with zero attached hydrogens (tertiary/aromatic N) is 3. The first-order valence-electron chi connectivity index (χ1n) is 11.6. The smallest absolute Gasteiger partial charge is 0.126 e. The first-order chi connectivity index (χ1) is 15.5. The first kappa shape index (κ1) is 21.1. The Morgan fingerprint density at radius 1 is 1.09 bits per heavy atom. The molecule has 4 nitrogen and oxygen atoms in total. The van der Waals surface area contributed by atoms with E-state index in [0.29, 0.717) is 24.1 Å². The van der Waals surface area contributed by atoms with Crippen molar-refractivity contribution in [2.75, 3.05) is 25.0 Å². The minimum atomic E-state index is -0.405. The van der Waals surface area contributed by atoms with Crippen LogP contribution >= 0.6 is 0 Å². The third-order valence-electron chi connectivity index (χ3n) is 7.23. The molecule has 1 unspecified atom stereocenters. The number of nitrogens with one attached hydrogen (secondary N) is 1. The van der Waals surface area contributed by atoms with Crippen LogP contribution in [0, 0.1) is 11.6 Å². The second kappa shape index (κ2) is 8.66. The fraction of sp³-hybridized carbons (Fsp3) is 0.423. The van der Waals surface area contributed by atoms with Gasteiger partial charge < -0.3 is 10.2 Å². The number of aromatic nitrogens is 2. The highest BCUT2D eigenvalue weighted by Gasteiger charge is 2.26. The Labute approximate surface area is 188 Å². The van der Waals surface area contributed by atoms with Gasteiger partial charge in [-0.3, -0.25) is 4.68 Å². The standard InChI is InChI=1S/C26H30F2N4/c1-17-3-5-23-24(14-18-13-20(27)4-7-25(18)28)22(6-8-26(23)31(17)2)19-15-30-32(16-19)21-9-11-29-12-10-21/h4,6-8,13,15-17,21,29H,3,5,9-12,14H2,1-2H3. The van der Waals surface area contributed by atoms with Crippen LogP contribution in [0.15, 0.2) is 42.7 Å². The molecule has 0 saturated carbocycles. The molecule has 1 N–H and O–H groups in total. The summed E-state index contributed by atoms with van der Waals surface area (Å²) in [5.74, 6) is -0.768. The van der Waals surface area contributed by atoms with Gasteiger partial charge in [-0.15, -0.1) is 0 Å². The summed E-state index contributed by atoms with van der Waals surface area (Å²) in [6, 6.07) is 8.89. The van der Waals surface area contributed by atoms with Crippen molar-refractivity contribution in [2.45, 2.75) is 51.1 Å². The Balaban J connectivity index is 1.59. The third kappa shape index (κ3) is 3.92. The molecule has 32 heavy (non-hydrogen) atoms. The second-order valence-electron chi connectivity index (χ2n) is 9.19. The topological polar surface area (TPSA) is 33.1 Å². The van der Waals surface area contributed by atoms with Gasteiger partial charge in [0.25, 0.3) is 0 Å². The molecule has 5 rings (SSSR count). The van der Waals surface area contributed by atoms with Crippen molar-refractivity contribution >= 4 is 5.69 Å². The van der Waals surface area contributed by atoms with Crippen LogP contribution in [0.2, 0.25) is 0 Å². The Hall–Kier alpha value is -2.73. The predicted octanol–water partition coefficient (Wildman–Crippen LogP) is 5.11. The number of piperidine rings is 1. The zero-order valence-corrected chi connectivity index (χ0v) is 18.7. The number of benzene rings is 2. The number of rotatable bonds is 4. The van der Waals surface area contributed by atoms with E-state index in [1.807, 2.05) is 6.20 Å². The van der Waals surface area contributed by atoms with Crippen molar-refractivity contribution in [3.63, 3.8) is 0 Å². The van der Waals surface area contributed by atoms with Crippen molar-refractivity contribution in [2.24, 2.45) is 0 Å². The normalized spacial score (nSPS) is 19.2. The summed E-state index contributed by atoms with van der Waals surface area (Å²) in [5.41, 5.74) is 6.00. The Kier molecular flexibility index (Phi) is 5.72. The molecule has 1 aromatic heterocycles. The van der Waals surface area contributed by atoms with Crippen LogP contribution in [0.1, 0.15) is 48.9 Å². The molecule has 0 radical (unpaired) electrons. The summed E-state index contributed by atoms with van der Waals surface area (Å²) in [7, 11) is 2.12. The molecule has 2 aromatic carbocycles. The molecule has 2 aliphatic rings. The quantitative estimate of drug-likeness (QED) is 0.617. The molecule has 3 heterocycles. The molecule has 168 valence electrons. The lowest BCUT2D eigenvalue weighted by molar-refractivity contribution is 0.343. The average Bonchev–Trinajstić information content (AvgIpc) is 3.29. The van der Waals surface area contributed by atoms with Gasteiger partial charge in [-0.1, -0.05) is 6.07 Å². The number of fused-ring (bicyclic) bond motifs is 1. The lowest BCUT2D eigenvalue weighted by atomic mass is 9.85. The van der Waals surface area contributed by atoms with Gasteiger partial charge in [0.1, 0.15) is 11.6 Å². The Morgan fingerprint density at radius 3 is 2.72 bits per heavy atom. The minimum absolute atomic E-state index is 0.363. The number of hydrogen-bond acceptors (Lipinski definition) is 3. The molecule has 0 spiro atoms. The number of anilines is 1. The van der Waals surface area contributed by atoms with Crippen LogP contribution in [0.5, 0.6) is 0 Å². The highest BCUT2D eigenvalue weighted by atomic mass is 19.1. The van der Waals surface area contributed by atoms with Crippen molar-refractivity contribution in [3.05, 3.63) is 71.1 Å². The average molecular weight is 437 g/mol. The third-order valence-corrected chi connectivity index (χ3v) is 7.23. The summed E-state index contributed by atoms with van der Waals surface area (Å²) < 4.78 is 30.6. The Bertz CT molecular complexity index is 1120. The first-order valence-corrected chi connectivity index (χ1v) is 11.6. The largest absolute Gasteiger partial charge is 0.372 e. The van der Waals surface area contributed by atoms with Crippen molar-refractivity contribution in [1.82, 2.24) is 15.1 Å². The van der Waals surface area contributed by atoms with Crippen LogP contribution in [0.3, 0.4) is 0 Å². The van der Waals surface area contributed by atoms with Gasteiger partial charge in [0, 0.05) is 37.0 Å². The van der Waals surface area contributed by atoms with E-state index in [4.69, 9.17) is 0 Å². The molecule has 1 atom stereocenters. The molecular formula is C26H30F2N4. The van der Waals surface area contributed by atoms with E-state index < -0.39 is 5.82 Å². The van der Waals surface area contributed by atoms with E-state index in [0.717, 1.165) is 55.5 Å². The predicted molar refractivity (Wildman–Crippen MR) is 124 cm³/mol. The van der Waals surface area contributed by atoms with Crippen molar-refractivity contribution in [3.8, 4) is 11.1 Å². The van der Waals surface area contributed by atoms with Crippen molar-refractivity contribution in [1.29, 1.82) is 0 Å². The van der Waals surface area contributed by atoms with Gasteiger partial charge in [0.15, 0.2) is 0 Å². The number of halogens is 2.